The molecule has 0 spiro atoms. The van der Waals surface area contributed by atoms with Gasteiger partial charge in [-0.2, -0.15) is 0 Å². The second kappa shape index (κ2) is 6.75. The average Bonchev–Trinajstić information content (AvgIpc) is 3.21. The molecule has 24 heavy (non-hydrogen) atoms. The van der Waals surface area contributed by atoms with Crippen molar-refractivity contribution in [2.45, 2.75) is 6.42 Å². The predicted molar refractivity (Wildman–Crippen MR) is 86.8 cm³/mol. The summed E-state index contributed by atoms with van der Waals surface area (Å²) in [5.74, 6) is -1.65. The molecule has 0 unspecified atom stereocenters. The number of carbonyl (C=O) groups is 3. The third-order valence-corrected chi connectivity index (χ3v) is 4.31. The van der Waals surface area contributed by atoms with Crippen molar-refractivity contribution in [1.29, 1.82) is 0 Å². The van der Waals surface area contributed by atoms with E-state index in [0.717, 1.165) is 17.2 Å². The van der Waals surface area contributed by atoms with Gasteiger partial charge in [-0.25, -0.2) is 4.79 Å². The molecule has 1 saturated heterocycles. The van der Waals surface area contributed by atoms with Crippen LogP contribution in [0.1, 0.15) is 16.9 Å². The molecule has 9 heteroatoms. The second-order valence-corrected chi connectivity index (χ2v) is 5.93. The van der Waals surface area contributed by atoms with Crippen LogP contribution in [0.15, 0.2) is 30.3 Å². The van der Waals surface area contributed by atoms with Crippen LogP contribution >= 0.6 is 11.5 Å². The highest BCUT2D eigenvalue weighted by molar-refractivity contribution is 7.10. The Kier molecular flexibility index (Phi) is 4.52. The number of anilines is 2. The number of ether oxygens (including phenoxy) is 1. The van der Waals surface area contributed by atoms with Gasteiger partial charge >= 0.3 is 5.97 Å². The first-order valence-electron chi connectivity index (χ1n) is 7.17. The number of amides is 2. The summed E-state index contributed by atoms with van der Waals surface area (Å²) in [5.41, 5.74) is 0.715. The first-order chi connectivity index (χ1) is 11.6. The third kappa shape index (κ3) is 3.11. The van der Waals surface area contributed by atoms with Crippen LogP contribution in [-0.4, -0.2) is 41.0 Å². The van der Waals surface area contributed by atoms with Crippen LogP contribution in [-0.2, 0) is 14.3 Å². The Hall–Kier alpha value is -2.81. The summed E-state index contributed by atoms with van der Waals surface area (Å²) in [6.45, 7) is 0.286. The van der Waals surface area contributed by atoms with E-state index in [-0.39, 0.29) is 35.5 Å². The summed E-state index contributed by atoms with van der Waals surface area (Å²) in [5, 5.41) is 6.48. The Morgan fingerprint density at radius 1 is 1.33 bits per heavy atom. The number of nitrogens with one attached hydrogen (secondary N) is 1. The second-order valence-electron chi connectivity index (χ2n) is 5.17. The van der Waals surface area contributed by atoms with Crippen molar-refractivity contribution in [3.05, 3.63) is 36.0 Å². The van der Waals surface area contributed by atoms with Crippen LogP contribution in [0.4, 0.5) is 10.7 Å². The fourth-order valence-electron chi connectivity index (χ4n) is 2.46. The normalized spacial score (nSPS) is 17.0. The van der Waals surface area contributed by atoms with E-state index in [1.165, 1.54) is 7.11 Å². The zero-order chi connectivity index (χ0) is 17.1. The van der Waals surface area contributed by atoms with Crippen LogP contribution < -0.4 is 10.2 Å². The lowest BCUT2D eigenvalue weighted by Gasteiger charge is -2.16. The molecular formula is C15H14N4O4S. The van der Waals surface area contributed by atoms with Crippen LogP contribution in [0.5, 0.6) is 0 Å². The van der Waals surface area contributed by atoms with Gasteiger partial charge in [0.2, 0.25) is 17.5 Å². The van der Waals surface area contributed by atoms with Gasteiger partial charge in [0, 0.05) is 30.2 Å². The predicted octanol–water partition coefficient (Wildman–Crippen LogP) is 1.32. The summed E-state index contributed by atoms with van der Waals surface area (Å²) in [4.78, 5) is 37.7. The van der Waals surface area contributed by atoms with Crippen molar-refractivity contribution in [3.8, 4) is 0 Å². The monoisotopic (exact) mass is 346 g/mol. The lowest BCUT2D eigenvalue weighted by atomic mass is 10.1. The average molecular weight is 346 g/mol. The smallest absolute Gasteiger partial charge is 0.361 e. The first kappa shape index (κ1) is 16.1. The lowest BCUT2D eigenvalue weighted by molar-refractivity contribution is -0.122. The number of benzene rings is 1. The van der Waals surface area contributed by atoms with Crippen molar-refractivity contribution in [2.75, 3.05) is 23.9 Å². The highest BCUT2D eigenvalue weighted by Crippen LogP contribution is 2.27. The summed E-state index contributed by atoms with van der Waals surface area (Å²) in [6, 6.07) is 9.17. The number of para-hydroxylation sites is 1. The van der Waals surface area contributed by atoms with Crippen LogP contribution in [0.25, 0.3) is 0 Å². The molecule has 1 aromatic heterocycles. The minimum atomic E-state index is -0.674. The molecule has 1 aromatic carbocycles. The Morgan fingerprint density at radius 2 is 2.08 bits per heavy atom. The molecule has 0 bridgehead atoms. The standard InChI is InChI=1S/C15H14N4O4S/c1-23-15(22)12-14(24-18-17-12)16-13(21)9-7-11(20)19(8-9)10-5-3-2-4-6-10/h2-6,9H,7-8H2,1H3,(H,16,21)/t9-/m0/s1. The summed E-state index contributed by atoms with van der Waals surface area (Å²) < 4.78 is 8.23. The van der Waals surface area contributed by atoms with Crippen molar-refractivity contribution < 1.29 is 19.1 Å². The molecule has 2 amide bonds. The molecule has 3 rings (SSSR count). The van der Waals surface area contributed by atoms with Gasteiger partial charge in [0.05, 0.1) is 13.0 Å². The van der Waals surface area contributed by atoms with Crippen LogP contribution in [0.3, 0.4) is 0 Å². The minimum absolute atomic E-state index is 0.0416. The van der Waals surface area contributed by atoms with Gasteiger partial charge < -0.3 is 15.0 Å². The Morgan fingerprint density at radius 3 is 2.79 bits per heavy atom. The quantitative estimate of drug-likeness (QED) is 0.838. The molecule has 1 fully saturated rings. The molecule has 124 valence electrons. The molecule has 2 heterocycles. The number of hydrogen-bond acceptors (Lipinski definition) is 7. The Bertz CT molecular complexity index is 777. The maximum atomic E-state index is 12.4. The van der Waals surface area contributed by atoms with E-state index in [1.807, 2.05) is 30.3 Å². The summed E-state index contributed by atoms with van der Waals surface area (Å²) >= 11 is 0.886. The number of methoxy groups -OCH3 is 1. The SMILES string of the molecule is COC(=O)c1nnsc1NC(=O)[C@H]1CC(=O)N(c2ccccc2)C1. The molecule has 0 saturated carbocycles. The van der Waals surface area contributed by atoms with Crippen molar-refractivity contribution in [3.63, 3.8) is 0 Å². The molecular weight excluding hydrogens is 332 g/mol. The van der Waals surface area contributed by atoms with Crippen molar-refractivity contribution >= 4 is 40.0 Å². The highest BCUT2D eigenvalue weighted by Gasteiger charge is 2.35. The van der Waals surface area contributed by atoms with E-state index in [4.69, 9.17) is 0 Å². The van der Waals surface area contributed by atoms with Crippen molar-refractivity contribution in [2.24, 2.45) is 5.92 Å². The largest absolute Gasteiger partial charge is 0.464 e. The molecule has 8 nitrogen and oxygen atoms in total. The van der Waals surface area contributed by atoms with E-state index in [0.29, 0.717) is 0 Å². The zero-order valence-electron chi connectivity index (χ0n) is 12.8. The molecule has 1 aliphatic heterocycles. The Balaban J connectivity index is 1.70. The molecule has 1 N–H and O–H groups in total. The zero-order valence-corrected chi connectivity index (χ0v) is 13.6. The first-order valence-corrected chi connectivity index (χ1v) is 7.94. The topological polar surface area (TPSA) is 101 Å². The van der Waals surface area contributed by atoms with Gasteiger partial charge in [0.1, 0.15) is 0 Å². The molecule has 1 aliphatic rings. The van der Waals surface area contributed by atoms with Gasteiger partial charge in [-0.05, 0) is 12.1 Å². The lowest BCUT2D eigenvalue weighted by Crippen LogP contribution is -2.28. The summed E-state index contributed by atoms with van der Waals surface area (Å²) in [6.07, 6.45) is 0.112. The molecule has 0 radical (unpaired) electrons. The molecule has 0 aliphatic carbocycles. The van der Waals surface area contributed by atoms with E-state index in [2.05, 4.69) is 19.6 Å². The number of nitrogens with zero attached hydrogens (tertiary/aromatic N) is 3. The van der Waals surface area contributed by atoms with Gasteiger partial charge in [0.15, 0.2) is 5.00 Å². The van der Waals surface area contributed by atoms with Crippen LogP contribution in [0, 0.1) is 5.92 Å². The van der Waals surface area contributed by atoms with E-state index >= 15 is 0 Å². The number of aromatic nitrogens is 2. The van der Waals surface area contributed by atoms with Gasteiger partial charge in [-0.1, -0.05) is 22.7 Å². The van der Waals surface area contributed by atoms with Crippen molar-refractivity contribution in [1.82, 2.24) is 9.59 Å². The van der Waals surface area contributed by atoms with E-state index in [1.54, 1.807) is 4.90 Å². The van der Waals surface area contributed by atoms with Crippen LogP contribution in [0.2, 0.25) is 0 Å². The number of carbonyl (C=O) groups excluding carboxylic acids is 3. The third-order valence-electron chi connectivity index (χ3n) is 3.67. The highest BCUT2D eigenvalue weighted by atomic mass is 32.1. The van der Waals surface area contributed by atoms with Gasteiger partial charge in [0.25, 0.3) is 0 Å². The molecule has 1 atom stereocenters. The fraction of sp³-hybridized carbons (Fsp3) is 0.267. The maximum Gasteiger partial charge on any atom is 0.361 e. The van der Waals surface area contributed by atoms with Gasteiger partial charge in [-0.15, -0.1) is 5.10 Å². The Labute approximate surface area is 141 Å². The van der Waals surface area contributed by atoms with Gasteiger partial charge in [-0.3, -0.25) is 9.59 Å². The number of rotatable bonds is 4. The fourth-order valence-corrected chi connectivity index (χ4v) is 3.02. The summed E-state index contributed by atoms with van der Waals surface area (Å²) in [7, 11) is 1.22. The molecule has 2 aromatic rings. The number of esters is 1. The van der Waals surface area contributed by atoms with E-state index in [9.17, 15) is 14.4 Å². The number of hydrogen-bond donors (Lipinski definition) is 1. The minimum Gasteiger partial charge on any atom is -0.464 e. The maximum absolute atomic E-state index is 12.4. The van der Waals surface area contributed by atoms with E-state index < -0.39 is 11.9 Å².